The van der Waals surface area contributed by atoms with Gasteiger partial charge in [-0.2, -0.15) is 5.10 Å². The summed E-state index contributed by atoms with van der Waals surface area (Å²) in [4.78, 5) is 30.4. The number of aromatic nitrogens is 3. The van der Waals surface area contributed by atoms with Gasteiger partial charge in [-0.3, -0.25) is 0 Å². The third-order valence-corrected chi connectivity index (χ3v) is 6.78. The first-order chi connectivity index (χ1) is 17.5. The number of ether oxygens (including phenoxy) is 2. The lowest BCUT2D eigenvalue weighted by Gasteiger charge is -2.31. The lowest BCUT2D eigenvalue weighted by atomic mass is 10.0. The third-order valence-electron chi connectivity index (χ3n) is 6.78. The molecule has 1 aromatic carbocycles. The molecule has 196 valence electrons. The van der Waals surface area contributed by atoms with Crippen LogP contribution in [-0.4, -0.2) is 56.6 Å². The van der Waals surface area contributed by atoms with Crippen LogP contribution in [0.15, 0.2) is 36.7 Å². The highest BCUT2D eigenvalue weighted by Crippen LogP contribution is 2.64. The maximum absolute atomic E-state index is 14.5. The molecule has 1 amide bonds. The number of alkyl carbamates (subject to hydrolysis) is 1. The van der Waals surface area contributed by atoms with Crippen LogP contribution in [0, 0.1) is 11.7 Å². The van der Waals surface area contributed by atoms with E-state index in [0.29, 0.717) is 23.7 Å². The van der Waals surface area contributed by atoms with Crippen molar-refractivity contribution >= 4 is 23.5 Å². The first kappa shape index (κ1) is 24.8. The van der Waals surface area contributed by atoms with Crippen LogP contribution < -0.4 is 15.0 Å². The van der Waals surface area contributed by atoms with Crippen LogP contribution in [-0.2, 0) is 10.3 Å². The van der Waals surface area contributed by atoms with Crippen molar-refractivity contribution in [3.63, 3.8) is 0 Å². The first-order valence-corrected chi connectivity index (χ1v) is 12.3. The SMILES string of the molecule is CC(COc1ccc(F)cc1[C@@]12C[C@@H]1CCN2c1ccn2ncc(C(=O)O)c2n1)NC(=O)OC(C)(C)C. The lowest BCUT2D eigenvalue weighted by Crippen LogP contribution is -2.40. The van der Waals surface area contributed by atoms with Crippen molar-refractivity contribution in [2.75, 3.05) is 18.1 Å². The van der Waals surface area contributed by atoms with Crippen LogP contribution in [0.4, 0.5) is 15.0 Å². The molecule has 0 spiro atoms. The number of halogens is 1. The van der Waals surface area contributed by atoms with Gasteiger partial charge in [0.2, 0.25) is 0 Å². The molecule has 1 aliphatic carbocycles. The Balaban J connectivity index is 1.40. The minimum Gasteiger partial charge on any atom is -0.491 e. The summed E-state index contributed by atoms with van der Waals surface area (Å²) in [5.41, 5.74) is -0.132. The number of carboxylic acids is 1. The number of nitrogens with one attached hydrogen (secondary N) is 1. The summed E-state index contributed by atoms with van der Waals surface area (Å²) < 4.78 is 27.4. The second kappa shape index (κ2) is 8.89. The molecule has 2 fully saturated rings. The van der Waals surface area contributed by atoms with Crippen molar-refractivity contribution in [3.8, 4) is 5.75 Å². The number of hydrogen-bond acceptors (Lipinski definition) is 7. The van der Waals surface area contributed by atoms with Gasteiger partial charge in [-0.1, -0.05) is 0 Å². The van der Waals surface area contributed by atoms with Gasteiger partial charge in [0.15, 0.2) is 5.65 Å². The van der Waals surface area contributed by atoms with Crippen molar-refractivity contribution in [2.24, 2.45) is 5.92 Å². The summed E-state index contributed by atoms with van der Waals surface area (Å²) in [5.74, 6) is -0.0525. The molecule has 0 bridgehead atoms. The molecular weight excluding hydrogens is 481 g/mol. The number of benzene rings is 1. The molecule has 1 aliphatic heterocycles. The van der Waals surface area contributed by atoms with E-state index in [-0.39, 0.29) is 35.6 Å². The molecule has 3 heterocycles. The van der Waals surface area contributed by atoms with Gasteiger partial charge in [-0.15, -0.1) is 0 Å². The fourth-order valence-electron chi connectivity index (χ4n) is 5.16. The number of piperidine rings is 1. The summed E-state index contributed by atoms with van der Waals surface area (Å²) >= 11 is 0. The molecule has 11 heteroatoms. The molecule has 0 radical (unpaired) electrons. The summed E-state index contributed by atoms with van der Waals surface area (Å²) in [5, 5.41) is 16.3. The predicted octanol–water partition coefficient (Wildman–Crippen LogP) is 3.98. The van der Waals surface area contributed by atoms with E-state index in [1.807, 2.05) is 0 Å². The van der Waals surface area contributed by atoms with Gasteiger partial charge in [0.05, 0.1) is 17.8 Å². The fourth-order valence-corrected chi connectivity index (χ4v) is 5.16. The van der Waals surface area contributed by atoms with Crippen molar-refractivity contribution in [2.45, 2.75) is 57.7 Å². The molecule has 10 nitrogen and oxygen atoms in total. The number of fused-ring (bicyclic) bond motifs is 2. The van der Waals surface area contributed by atoms with Crippen molar-refractivity contribution in [1.29, 1.82) is 0 Å². The van der Waals surface area contributed by atoms with Crippen LogP contribution in [0.5, 0.6) is 5.75 Å². The van der Waals surface area contributed by atoms with E-state index in [1.165, 1.54) is 22.8 Å². The number of carbonyl (C=O) groups excluding carboxylic acids is 1. The Hall–Kier alpha value is -3.89. The zero-order valence-corrected chi connectivity index (χ0v) is 21.2. The second-order valence-electron chi connectivity index (χ2n) is 10.7. The highest BCUT2D eigenvalue weighted by atomic mass is 19.1. The van der Waals surface area contributed by atoms with E-state index >= 15 is 0 Å². The van der Waals surface area contributed by atoms with E-state index in [1.54, 1.807) is 46.0 Å². The first-order valence-electron chi connectivity index (χ1n) is 12.3. The largest absolute Gasteiger partial charge is 0.491 e. The Labute approximate surface area is 213 Å². The van der Waals surface area contributed by atoms with Crippen LogP contribution >= 0.6 is 0 Å². The highest BCUT2D eigenvalue weighted by molar-refractivity contribution is 5.94. The van der Waals surface area contributed by atoms with Crippen LogP contribution in [0.25, 0.3) is 5.65 Å². The van der Waals surface area contributed by atoms with Gasteiger partial charge in [-0.05, 0) is 70.7 Å². The van der Waals surface area contributed by atoms with Crippen molar-refractivity contribution in [3.05, 3.63) is 53.6 Å². The number of nitrogens with zero attached hydrogens (tertiary/aromatic N) is 4. The lowest BCUT2D eigenvalue weighted by molar-refractivity contribution is 0.0493. The summed E-state index contributed by atoms with van der Waals surface area (Å²) in [6.07, 6.45) is 4.12. The van der Waals surface area contributed by atoms with Gasteiger partial charge in [0.25, 0.3) is 0 Å². The van der Waals surface area contributed by atoms with E-state index < -0.39 is 23.2 Å². The topological polar surface area (TPSA) is 118 Å². The molecule has 1 unspecified atom stereocenters. The Morgan fingerprint density at radius 2 is 2.11 bits per heavy atom. The Kier molecular flexibility index (Phi) is 5.96. The quantitative estimate of drug-likeness (QED) is 0.489. The summed E-state index contributed by atoms with van der Waals surface area (Å²) in [7, 11) is 0. The van der Waals surface area contributed by atoms with Gasteiger partial charge >= 0.3 is 12.1 Å². The van der Waals surface area contributed by atoms with E-state index in [4.69, 9.17) is 9.47 Å². The average molecular weight is 512 g/mol. The maximum Gasteiger partial charge on any atom is 0.407 e. The number of amides is 1. The van der Waals surface area contributed by atoms with E-state index in [2.05, 4.69) is 20.3 Å². The zero-order valence-electron chi connectivity index (χ0n) is 21.2. The highest BCUT2D eigenvalue weighted by Gasteiger charge is 2.64. The van der Waals surface area contributed by atoms with Crippen LogP contribution in [0.3, 0.4) is 0 Å². The molecule has 2 aromatic heterocycles. The third kappa shape index (κ3) is 4.65. The van der Waals surface area contributed by atoms with Gasteiger partial charge in [-0.25, -0.2) is 23.5 Å². The predicted molar refractivity (Wildman–Crippen MR) is 132 cm³/mol. The smallest absolute Gasteiger partial charge is 0.407 e. The Morgan fingerprint density at radius 3 is 2.81 bits per heavy atom. The van der Waals surface area contributed by atoms with Crippen molar-refractivity contribution < 1.29 is 28.6 Å². The minimum atomic E-state index is -1.10. The van der Waals surface area contributed by atoms with Crippen LogP contribution in [0.2, 0.25) is 0 Å². The monoisotopic (exact) mass is 511 g/mol. The van der Waals surface area contributed by atoms with E-state index in [0.717, 1.165) is 12.8 Å². The van der Waals surface area contributed by atoms with Crippen LogP contribution in [0.1, 0.15) is 56.5 Å². The number of rotatable bonds is 7. The minimum absolute atomic E-state index is 0.0173. The molecule has 37 heavy (non-hydrogen) atoms. The fraction of sp³-hybridized carbons (Fsp3) is 0.462. The van der Waals surface area contributed by atoms with Gasteiger partial charge in [0.1, 0.15) is 35.2 Å². The number of anilines is 1. The molecule has 1 saturated heterocycles. The normalized spacial score (nSPS) is 21.4. The number of aromatic carboxylic acids is 1. The Morgan fingerprint density at radius 1 is 1.32 bits per heavy atom. The average Bonchev–Trinajstić information content (AvgIpc) is 3.18. The van der Waals surface area contributed by atoms with Crippen molar-refractivity contribution in [1.82, 2.24) is 19.9 Å². The second-order valence-corrected chi connectivity index (χ2v) is 10.7. The number of carboxylic acid groups (broad SMARTS) is 1. The zero-order chi connectivity index (χ0) is 26.5. The molecular formula is C26H30FN5O5. The molecule has 3 atom stereocenters. The standard InChI is InChI=1S/C26H30FN5O5/c1-15(29-24(35)37-25(2,3)4)14-36-20-6-5-17(27)11-19(20)26-12-16(26)7-9-31(26)21-8-10-32-22(30-21)18(13-28-32)23(33)34/h5-6,8,10-11,13,15-16H,7,9,12,14H2,1-4H3,(H,29,35)(H,33,34)/t15?,16-,26+/m0/s1. The summed E-state index contributed by atoms with van der Waals surface area (Å²) in [6.45, 7) is 8.04. The van der Waals surface area contributed by atoms with Gasteiger partial charge in [0, 0.05) is 18.3 Å². The number of hydrogen-bond donors (Lipinski definition) is 2. The Bertz CT molecular complexity index is 1370. The maximum atomic E-state index is 14.5. The number of carbonyl (C=O) groups is 2. The molecule has 5 rings (SSSR count). The molecule has 2 aliphatic rings. The molecule has 3 aromatic rings. The van der Waals surface area contributed by atoms with E-state index in [9.17, 15) is 19.1 Å². The summed E-state index contributed by atoms with van der Waals surface area (Å²) in [6, 6.07) is 5.91. The van der Waals surface area contributed by atoms with Gasteiger partial charge < -0.3 is 24.8 Å². The molecule has 1 saturated carbocycles. The molecule has 2 N–H and O–H groups in total.